The zero-order chi connectivity index (χ0) is 19.4. The molecule has 0 aliphatic carbocycles. The maximum Gasteiger partial charge on any atom is 0.263 e. The van der Waals surface area contributed by atoms with Crippen molar-refractivity contribution in [2.24, 2.45) is 7.05 Å². The van der Waals surface area contributed by atoms with E-state index < -0.39 is 6.10 Å². The minimum atomic E-state index is -0.523. The highest BCUT2D eigenvalue weighted by Gasteiger charge is 2.28. The summed E-state index contributed by atoms with van der Waals surface area (Å²) in [5, 5.41) is 0. The molecule has 1 aliphatic rings. The van der Waals surface area contributed by atoms with Crippen molar-refractivity contribution < 1.29 is 14.3 Å². The molecular weight excluding hydrogens is 344 g/mol. The van der Waals surface area contributed by atoms with E-state index in [2.05, 4.69) is 0 Å². The number of carbonyl (C=O) groups excluding carboxylic acids is 1. The summed E-state index contributed by atoms with van der Waals surface area (Å²) in [5.41, 5.74) is 0.779. The number of hydrogen-bond acceptors (Lipinski definition) is 4. The molecule has 0 saturated carbocycles. The molecule has 1 fully saturated rings. The van der Waals surface area contributed by atoms with Crippen molar-refractivity contribution in [3.8, 4) is 11.5 Å². The van der Waals surface area contributed by atoms with Gasteiger partial charge in [-0.2, -0.15) is 0 Å². The molecule has 1 atom stereocenters. The van der Waals surface area contributed by atoms with Gasteiger partial charge in [0.2, 0.25) is 0 Å². The van der Waals surface area contributed by atoms with E-state index in [1.54, 1.807) is 18.5 Å². The summed E-state index contributed by atoms with van der Waals surface area (Å²) in [6, 6.07) is 12.7. The molecule has 27 heavy (non-hydrogen) atoms. The van der Waals surface area contributed by atoms with Crippen LogP contribution in [-0.4, -0.2) is 40.7 Å². The number of pyridine rings is 1. The van der Waals surface area contributed by atoms with Gasteiger partial charge in [-0.3, -0.25) is 9.59 Å². The zero-order valence-electron chi connectivity index (χ0n) is 16.1. The molecule has 1 unspecified atom stereocenters. The van der Waals surface area contributed by atoms with Crippen molar-refractivity contribution in [3.63, 3.8) is 0 Å². The van der Waals surface area contributed by atoms with E-state index in [4.69, 9.17) is 9.47 Å². The van der Waals surface area contributed by atoms with Crippen LogP contribution in [0.15, 0.2) is 47.3 Å². The van der Waals surface area contributed by atoms with E-state index in [0.29, 0.717) is 24.6 Å². The second-order valence-electron chi connectivity index (χ2n) is 6.95. The first-order valence-corrected chi connectivity index (χ1v) is 9.29. The molecule has 144 valence electrons. The van der Waals surface area contributed by atoms with Crippen LogP contribution in [0.25, 0.3) is 0 Å². The summed E-state index contributed by atoms with van der Waals surface area (Å²) in [6.07, 6.45) is 0.950. The molecule has 0 bridgehead atoms. The smallest absolute Gasteiger partial charge is 0.263 e. The Labute approximate surface area is 159 Å². The van der Waals surface area contributed by atoms with Crippen LogP contribution in [0.4, 0.5) is 0 Å². The van der Waals surface area contributed by atoms with E-state index in [1.165, 1.54) is 6.07 Å². The lowest BCUT2D eigenvalue weighted by Crippen LogP contribution is -2.46. The summed E-state index contributed by atoms with van der Waals surface area (Å²) < 4.78 is 13.3. The van der Waals surface area contributed by atoms with Crippen molar-refractivity contribution >= 4 is 5.91 Å². The predicted molar refractivity (Wildman–Crippen MR) is 103 cm³/mol. The number of piperidine rings is 1. The lowest BCUT2D eigenvalue weighted by molar-refractivity contribution is -0.139. The van der Waals surface area contributed by atoms with Gasteiger partial charge in [-0.25, -0.2) is 0 Å². The fourth-order valence-corrected chi connectivity index (χ4v) is 3.20. The first kappa shape index (κ1) is 19.0. The number of para-hydroxylation sites is 1. The molecule has 1 saturated heterocycles. The van der Waals surface area contributed by atoms with Crippen molar-refractivity contribution in [1.82, 2.24) is 9.47 Å². The number of benzene rings is 1. The Kier molecular flexibility index (Phi) is 5.84. The molecule has 6 nitrogen and oxygen atoms in total. The van der Waals surface area contributed by atoms with Crippen molar-refractivity contribution in [2.75, 3.05) is 13.1 Å². The monoisotopic (exact) mass is 370 g/mol. The van der Waals surface area contributed by atoms with Crippen LogP contribution in [0.1, 0.15) is 25.5 Å². The second kappa shape index (κ2) is 8.29. The number of carbonyl (C=O) groups is 1. The van der Waals surface area contributed by atoms with Gasteiger partial charge in [0.1, 0.15) is 17.6 Å². The third kappa shape index (κ3) is 4.70. The molecule has 0 radical (unpaired) electrons. The average Bonchev–Trinajstić information content (AvgIpc) is 2.67. The van der Waals surface area contributed by atoms with Crippen molar-refractivity contribution in [3.05, 3.63) is 58.5 Å². The maximum absolute atomic E-state index is 12.6. The highest BCUT2D eigenvalue weighted by atomic mass is 16.5. The summed E-state index contributed by atoms with van der Waals surface area (Å²) >= 11 is 0. The first-order chi connectivity index (χ1) is 12.9. The van der Waals surface area contributed by atoms with Crippen LogP contribution in [0, 0.1) is 6.92 Å². The number of ether oxygens (including phenoxy) is 2. The van der Waals surface area contributed by atoms with Crippen LogP contribution < -0.4 is 15.0 Å². The number of aromatic nitrogens is 1. The molecular formula is C21H26N2O4. The second-order valence-corrected chi connectivity index (χ2v) is 6.95. The van der Waals surface area contributed by atoms with Gasteiger partial charge in [-0.15, -0.1) is 0 Å². The summed E-state index contributed by atoms with van der Waals surface area (Å²) in [6.45, 7) is 4.90. The number of rotatable bonds is 5. The van der Waals surface area contributed by atoms with Crippen LogP contribution in [0.2, 0.25) is 0 Å². The van der Waals surface area contributed by atoms with Gasteiger partial charge in [-0.05, 0) is 32.0 Å². The van der Waals surface area contributed by atoms with E-state index in [0.717, 1.165) is 18.5 Å². The zero-order valence-corrected chi connectivity index (χ0v) is 16.1. The maximum atomic E-state index is 12.6. The third-order valence-electron chi connectivity index (χ3n) is 4.94. The number of amides is 1. The molecule has 2 heterocycles. The van der Waals surface area contributed by atoms with Gasteiger partial charge in [0.25, 0.3) is 11.5 Å². The van der Waals surface area contributed by atoms with E-state index >= 15 is 0 Å². The fraction of sp³-hybridized carbons (Fsp3) is 0.429. The van der Waals surface area contributed by atoms with Crippen LogP contribution in [-0.2, 0) is 11.8 Å². The molecule has 6 heteroatoms. The van der Waals surface area contributed by atoms with E-state index in [1.807, 2.05) is 48.2 Å². The van der Waals surface area contributed by atoms with E-state index in [-0.39, 0.29) is 17.6 Å². The Bertz CT molecular complexity index is 839. The topological polar surface area (TPSA) is 60.8 Å². The lowest BCUT2D eigenvalue weighted by atomic mass is 10.1. The summed E-state index contributed by atoms with van der Waals surface area (Å²) in [7, 11) is 1.74. The van der Waals surface area contributed by atoms with Gasteiger partial charge in [0, 0.05) is 44.7 Å². The van der Waals surface area contributed by atoms with E-state index in [9.17, 15) is 9.59 Å². The van der Waals surface area contributed by atoms with Gasteiger partial charge in [-0.1, -0.05) is 18.2 Å². The number of aryl methyl sites for hydroxylation is 1. The lowest BCUT2D eigenvalue weighted by Gasteiger charge is -2.33. The number of likely N-dealkylation sites (tertiary alicyclic amines) is 1. The quantitative estimate of drug-likeness (QED) is 0.811. The van der Waals surface area contributed by atoms with Gasteiger partial charge < -0.3 is 18.9 Å². The highest BCUT2D eigenvalue weighted by Crippen LogP contribution is 2.20. The van der Waals surface area contributed by atoms with Gasteiger partial charge in [0.05, 0.1) is 0 Å². The Morgan fingerprint density at radius 3 is 2.41 bits per heavy atom. The highest BCUT2D eigenvalue weighted by molar-refractivity contribution is 5.81. The number of nitrogens with zero attached hydrogens (tertiary/aromatic N) is 2. The Hall–Kier alpha value is -2.76. The molecule has 1 aromatic heterocycles. The summed E-state index contributed by atoms with van der Waals surface area (Å²) in [5.74, 6) is 1.28. The molecule has 0 spiro atoms. The fourth-order valence-electron chi connectivity index (χ4n) is 3.20. The largest absolute Gasteiger partial charge is 0.490 e. The predicted octanol–water partition coefficient (Wildman–Crippen LogP) is 2.53. The van der Waals surface area contributed by atoms with Crippen molar-refractivity contribution in [2.45, 2.75) is 38.9 Å². The van der Waals surface area contributed by atoms with Crippen molar-refractivity contribution in [1.29, 1.82) is 0 Å². The molecule has 2 aromatic rings. The number of hydrogen-bond donors (Lipinski definition) is 0. The van der Waals surface area contributed by atoms with Gasteiger partial charge >= 0.3 is 0 Å². The standard InChI is InChI=1S/C21H26N2O4/c1-15-13-19(14-20(24)22(15)3)27-18-9-11-23(12-10-18)21(25)16(2)26-17-7-5-4-6-8-17/h4-8,13-14,16,18H,9-12H2,1-3H3. The Morgan fingerprint density at radius 1 is 1.11 bits per heavy atom. The molecule has 0 N–H and O–H groups in total. The third-order valence-corrected chi connectivity index (χ3v) is 4.94. The summed E-state index contributed by atoms with van der Waals surface area (Å²) in [4.78, 5) is 26.3. The minimum absolute atomic E-state index is 0.00547. The molecule has 3 rings (SSSR count). The molecule has 1 aromatic carbocycles. The average molecular weight is 370 g/mol. The Morgan fingerprint density at radius 2 is 1.78 bits per heavy atom. The molecule has 1 aliphatic heterocycles. The Balaban J connectivity index is 1.52. The normalized spacial score (nSPS) is 16.0. The SMILES string of the molecule is Cc1cc(OC2CCN(C(=O)C(C)Oc3ccccc3)CC2)cc(=O)n1C. The first-order valence-electron chi connectivity index (χ1n) is 9.29. The van der Waals surface area contributed by atoms with Crippen LogP contribution >= 0.6 is 0 Å². The van der Waals surface area contributed by atoms with Crippen LogP contribution in [0.5, 0.6) is 11.5 Å². The van der Waals surface area contributed by atoms with Crippen LogP contribution in [0.3, 0.4) is 0 Å². The molecule has 1 amide bonds. The van der Waals surface area contributed by atoms with Gasteiger partial charge in [0.15, 0.2) is 6.10 Å². The minimum Gasteiger partial charge on any atom is -0.490 e.